The van der Waals surface area contributed by atoms with Crippen molar-refractivity contribution < 1.29 is 4.79 Å². The van der Waals surface area contributed by atoms with Crippen LogP contribution < -0.4 is 22.4 Å². The number of carbonyl (C=O) groups is 1. The van der Waals surface area contributed by atoms with Crippen molar-refractivity contribution in [2.45, 2.75) is 13.8 Å². The Hall–Kier alpha value is -2.86. The van der Waals surface area contributed by atoms with Crippen LogP contribution in [-0.2, 0) is 4.79 Å². The molecule has 0 bridgehead atoms. The number of nitrogens with two attached hydrogens (primary N) is 2. The average Bonchev–Trinajstić information content (AvgIpc) is 2.51. The molecule has 0 radical (unpaired) electrons. The van der Waals surface area contributed by atoms with Crippen LogP contribution in [0.4, 0.5) is 5.69 Å². The Bertz CT molecular complexity index is 623. The van der Waals surface area contributed by atoms with E-state index in [1.54, 1.807) is 0 Å². The number of hydrazine groups is 1. The molecule has 6 nitrogen and oxygen atoms in total. The van der Waals surface area contributed by atoms with Crippen molar-refractivity contribution in [2.75, 3.05) is 5.32 Å². The molecule has 2 aromatic rings. The molecule has 0 aliphatic rings. The van der Waals surface area contributed by atoms with E-state index >= 15 is 0 Å². The Morgan fingerprint density at radius 1 is 1.09 bits per heavy atom. The Kier molecular flexibility index (Phi) is 7.15. The number of amidine groups is 1. The number of rotatable bonds is 4. The van der Waals surface area contributed by atoms with Crippen LogP contribution in [0, 0.1) is 13.8 Å². The smallest absolute Gasteiger partial charge is 0.211 e. The van der Waals surface area contributed by atoms with E-state index in [2.05, 4.69) is 16.0 Å². The zero-order chi connectivity index (χ0) is 16.4. The van der Waals surface area contributed by atoms with Crippen molar-refractivity contribution >= 4 is 17.9 Å². The summed E-state index contributed by atoms with van der Waals surface area (Å²) in [6.45, 7) is 3.97. The standard InChI is InChI=1S/C8H12N4.C8H9NO/c1-6-4-2-3-5-7(6)8(9)11-12-10;1-7-2-4-8(5-3-7)9-6-10/h2-5,12H,10H2,1H3,(H2,9,11);2-6H,1H3,(H,9,10). The van der Waals surface area contributed by atoms with Gasteiger partial charge in [-0.3, -0.25) is 4.79 Å². The maximum Gasteiger partial charge on any atom is 0.211 e. The fraction of sp³-hybridized carbons (Fsp3) is 0.125. The van der Waals surface area contributed by atoms with Crippen LogP contribution in [0.5, 0.6) is 0 Å². The second kappa shape index (κ2) is 9.15. The van der Waals surface area contributed by atoms with Gasteiger partial charge in [-0.1, -0.05) is 42.0 Å². The third kappa shape index (κ3) is 5.64. The fourth-order valence-corrected chi connectivity index (χ4v) is 1.71. The Morgan fingerprint density at radius 2 is 1.73 bits per heavy atom. The number of hydrogen-bond donors (Lipinski definition) is 4. The molecule has 0 saturated carbocycles. The molecule has 6 heteroatoms. The van der Waals surface area contributed by atoms with E-state index in [1.165, 1.54) is 5.56 Å². The summed E-state index contributed by atoms with van der Waals surface area (Å²) in [6.07, 6.45) is 0.671. The van der Waals surface area contributed by atoms with Gasteiger partial charge >= 0.3 is 0 Å². The number of anilines is 1. The Balaban J connectivity index is 0.000000224. The maximum absolute atomic E-state index is 9.95. The van der Waals surface area contributed by atoms with E-state index < -0.39 is 0 Å². The van der Waals surface area contributed by atoms with E-state index in [0.29, 0.717) is 12.2 Å². The molecule has 116 valence electrons. The summed E-state index contributed by atoms with van der Waals surface area (Å²) >= 11 is 0. The van der Waals surface area contributed by atoms with Crippen LogP contribution in [0.2, 0.25) is 0 Å². The third-order valence-electron chi connectivity index (χ3n) is 2.88. The highest BCUT2D eigenvalue weighted by Crippen LogP contribution is 2.06. The topological polar surface area (TPSA) is 106 Å². The van der Waals surface area contributed by atoms with Crippen LogP contribution in [0.3, 0.4) is 0 Å². The summed E-state index contributed by atoms with van der Waals surface area (Å²) in [5.74, 6) is 5.40. The number of benzene rings is 2. The Morgan fingerprint density at radius 3 is 2.27 bits per heavy atom. The largest absolute Gasteiger partial charge is 0.382 e. The molecule has 0 atom stereocenters. The fourth-order valence-electron chi connectivity index (χ4n) is 1.71. The van der Waals surface area contributed by atoms with Crippen molar-refractivity contribution in [2.24, 2.45) is 16.7 Å². The number of amides is 1. The molecule has 0 aliphatic heterocycles. The van der Waals surface area contributed by atoms with Crippen LogP contribution in [0.25, 0.3) is 0 Å². The minimum absolute atomic E-state index is 0.399. The SMILES string of the molecule is Cc1ccc(NC=O)cc1.Cc1ccccc1/C(N)=N/NN. The molecule has 0 unspecified atom stereocenters. The van der Waals surface area contributed by atoms with Gasteiger partial charge in [0.1, 0.15) is 0 Å². The van der Waals surface area contributed by atoms with Gasteiger partial charge in [-0.25, -0.2) is 11.4 Å². The number of hydrogen-bond acceptors (Lipinski definition) is 4. The number of nitrogens with one attached hydrogen (secondary N) is 2. The van der Waals surface area contributed by atoms with Crippen molar-refractivity contribution in [1.82, 2.24) is 5.53 Å². The van der Waals surface area contributed by atoms with Crippen molar-refractivity contribution in [1.29, 1.82) is 0 Å². The van der Waals surface area contributed by atoms with Crippen LogP contribution in [0.15, 0.2) is 53.6 Å². The molecular formula is C16H21N5O. The van der Waals surface area contributed by atoms with Gasteiger partial charge in [0.2, 0.25) is 6.41 Å². The molecule has 0 aliphatic carbocycles. The molecular weight excluding hydrogens is 278 g/mol. The van der Waals surface area contributed by atoms with Gasteiger partial charge in [-0.05, 0) is 31.5 Å². The van der Waals surface area contributed by atoms with Crippen molar-refractivity contribution in [3.05, 3.63) is 65.2 Å². The monoisotopic (exact) mass is 299 g/mol. The predicted octanol–water partition coefficient (Wildman–Crippen LogP) is 1.64. The summed E-state index contributed by atoms with van der Waals surface area (Å²) in [5, 5.41) is 6.23. The van der Waals surface area contributed by atoms with Gasteiger partial charge in [0.05, 0.1) is 0 Å². The summed E-state index contributed by atoms with van der Waals surface area (Å²) in [6, 6.07) is 15.3. The quantitative estimate of drug-likeness (QED) is 0.226. The lowest BCUT2D eigenvalue weighted by molar-refractivity contribution is -0.105. The molecule has 0 spiro atoms. The molecule has 6 N–H and O–H groups in total. The van der Waals surface area contributed by atoms with E-state index in [1.807, 2.05) is 62.4 Å². The van der Waals surface area contributed by atoms with Gasteiger partial charge < -0.3 is 11.1 Å². The molecule has 2 aromatic carbocycles. The minimum atomic E-state index is 0.399. The zero-order valence-corrected chi connectivity index (χ0v) is 12.7. The highest BCUT2D eigenvalue weighted by molar-refractivity contribution is 5.98. The summed E-state index contributed by atoms with van der Waals surface area (Å²) in [5.41, 5.74) is 11.8. The van der Waals surface area contributed by atoms with E-state index in [4.69, 9.17) is 11.6 Å². The first-order chi connectivity index (χ1) is 10.6. The van der Waals surface area contributed by atoms with Crippen LogP contribution in [0.1, 0.15) is 16.7 Å². The van der Waals surface area contributed by atoms with Crippen molar-refractivity contribution in [3.8, 4) is 0 Å². The molecule has 0 heterocycles. The summed E-state index contributed by atoms with van der Waals surface area (Å²) < 4.78 is 0. The molecule has 1 amide bonds. The van der Waals surface area contributed by atoms with E-state index in [9.17, 15) is 4.79 Å². The van der Waals surface area contributed by atoms with Gasteiger partial charge in [-0.15, -0.1) is 5.10 Å². The molecule has 0 saturated heterocycles. The average molecular weight is 299 g/mol. The van der Waals surface area contributed by atoms with Crippen molar-refractivity contribution in [3.63, 3.8) is 0 Å². The first-order valence-corrected chi connectivity index (χ1v) is 6.70. The highest BCUT2D eigenvalue weighted by Gasteiger charge is 1.99. The maximum atomic E-state index is 9.95. The lowest BCUT2D eigenvalue weighted by Crippen LogP contribution is -2.23. The first kappa shape index (κ1) is 17.2. The number of nitrogens with zero attached hydrogens (tertiary/aromatic N) is 1. The molecule has 22 heavy (non-hydrogen) atoms. The number of aryl methyl sites for hydroxylation is 2. The van der Waals surface area contributed by atoms with Gasteiger partial charge in [0.15, 0.2) is 5.84 Å². The summed E-state index contributed by atoms with van der Waals surface area (Å²) in [7, 11) is 0. The second-order valence-electron chi connectivity index (χ2n) is 4.57. The zero-order valence-electron chi connectivity index (χ0n) is 12.7. The minimum Gasteiger partial charge on any atom is -0.382 e. The first-order valence-electron chi connectivity index (χ1n) is 6.70. The Labute approximate surface area is 130 Å². The van der Waals surface area contributed by atoms with E-state index in [-0.39, 0.29) is 0 Å². The normalized spacial score (nSPS) is 10.2. The predicted molar refractivity (Wildman–Crippen MR) is 90.1 cm³/mol. The summed E-state index contributed by atoms with van der Waals surface area (Å²) in [4.78, 5) is 9.95. The lowest BCUT2D eigenvalue weighted by Gasteiger charge is -2.03. The van der Waals surface area contributed by atoms with Gasteiger partial charge in [0, 0.05) is 11.3 Å². The second-order valence-corrected chi connectivity index (χ2v) is 4.57. The molecule has 2 rings (SSSR count). The molecule has 0 aromatic heterocycles. The lowest BCUT2D eigenvalue weighted by atomic mass is 10.1. The number of carbonyl (C=O) groups excluding carboxylic acids is 1. The number of hydrazone groups is 1. The molecule has 0 fully saturated rings. The van der Waals surface area contributed by atoms with Gasteiger partial charge in [-0.2, -0.15) is 0 Å². The van der Waals surface area contributed by atoms with E-state index in [0.717, 1.165) is 16.8 Å². The van der Waals surface area contributed by atoms with Gasteiger partial charge in [0.25, 0.3) is 0 Å². The van der Waals surface area contributed by atoms with Crippen LogP contribution in [-0.4, -0.2) is 12.2 Å². The van der Waals surface area contributed by atoms with Crippen LogP contribution >= 0.6 is 0 Å². The highest BCUT2D eigenvalue weighted by atomic mass is 16.1. The third-order valence-corrected chi connectivity index (χ3v) is 2.88.